The summed E-state index contributed by atoms with van der Waals surface area (Å²) in [4.78, 5) is 14.8. The van der Waals surface area contributed by atoms with Gasteiger partial charge in [-0.3, -0.25) is 4.79 Å². The number of nitrogens with one attached hydrogen (secondary N) is 2. The van der Waals surface area contributed by atoms with Crippen molar-refractivity contribution in [3.8, 4) is 0 Å². The van der Waals surface area contributed by atoms with Crippen LogP contribution >= 0.6 is 0 Å². The van der Waals surface area contributed by atoms with Gasteiger partial charge >= 0.3 is 0 Å². The number of aromatic amines is 1. The van der Waals surface area contributed by atoms with Crippen LogP contribution in [0.2, 0.25) is 0 Å². The first kappa shape index (κ1) is 30.8. The van der Waals surface area contributed by atoms with Crippen molar-refractivity contribution in [1.82, 2.24) is 14.9 Å². The van der Waals surface area contributed by atoms with Crippen LogP contribution in [0.25, 0.3) is 10.9 Å². The Balaban J connectivity index is 0.000000362. The van der Waals surface area contributed by atoms with Gasteiger partial charge in [-0.05, 0) is 71.9 Å². The lowest BCUT2D eigenvalue weighted by Gasteiger charge is -2.04. The van der Waals surface area contributed by atoms with E-state index in [4.69, 9.17) is 0 Å². The van der Waals surface area contributed by atoms with Gasteiger partial charge in [-0.25, -0.2) is 17.2 Å². The fraction of sp³-hybridized carbons (Fsp3) is 0.370. The molecule has 0 radical (unpaired) electrons. The van der Waals surface area contributed by atoms with E-state index >= 15 is 0 Å². The van der Waals surface area contributed by atoms with Crippen molar-refractivity contribution >= 4 is 26.6 Å². The zero-order chi connectivity index (χ0) is 27.5. The van der Waals surface area contributed by atoms with E-state index in [1.54, 1.807) is 13.0 Å². The molecule has 36 heavy (non-hydrogen) atoms. The summed E-state index contributed by atoms with van der Waals surface area (Å²) in [5.41, 5.74) is 3.02. The molecule has 1 atom stereocenters. The summed E-state index contributed by atoms with van der Waals surface area (Å²) in [5, 5.41) is 2.45. The molecule has 0 fully saturated rings. The number of allylic oxidation sites excluding steroid dienone is 3. The number of benzene rings is 1. The van der Waals surface area contributed by atoms with Crippen LogP contribution in [0, 0.1) is 11.6 Å². The van der Waals surface area contributed by atoms with E-state index in [9.17, 15) is 22.0 Å². The van der Waals surface area contributed by atoms with Crippen LogP contribution in [-0.4, -0.2) is 41.9 Å². The number of rotatable bonds is 6. The summed E-state index contributed by atoms with van der Waals surface area (Å²) in [6.45, 7) is 12.8. The maximum absolute atomic E-state index is 13.6. The summed E-state index contributed by atoms with van der Waals surface area (Å²) >= 11 is 0. The summed E-state index contributed by atoms with van der Waals surface area (Å²) in [5.74, 6) is -2.23. The molecule has 1 amide bonds. The molecule has 2 aromatic heterocycles. The molecular formula is C27H37F2N3O3S. The topological polar surface area (TPSA) is 84.0 Å². The Hall–Kier alpha value is -3.20. The molecule has 6 nitrogen and oxygen atoms in total. The SMILES string of the molecule is CC(C)=CC(C)S(C)(=O)=O.CC=C(C)C.O=C(NCCn1cccc1)c1cc2c(F)c(F)ccc2[nH]1. The van der Waals surface area contributed by atoms with Crippen LogP contribution in [0.5, 0.6) is 0 Å². The third-order valence-corrected chi connectivity index (χ3v) is 6.56. The molecule has 1 aromatic carbocycles. The third kappa shape index (κ3) is 10.6. The third-order valence-electron chi connectivity index (χ3n) is 5.08. The second kappa shape index (κ2) is 14.4. The number of amides is 1. The van der Waals surface area contributed by atoms with Crippen LogP contribution in [0.3, 0.4) is 0 Å². The number of carbonyl (C=O) groups excluding carboxylic acids is 1. The molecule has 3 rings (SSSR count). The lowest BCUT2D eigenvalue weighted by molar-refractivity contribution is 0.0948. The Morgan fingerprint density at radius 3 is 2.17 bits per heavy atom. The zero-order valence-corrected chi connectivity index (χ0v) is 22.8. The van der Waals surface area contributed by atoms with Gasteiger partial charge in [-0.1, -0.05) is 23.3 Å². The molecule has 0 aliphatic heterocycles. The standard InChI is InChI=1S/C15H13F2N3O.C7H14O2S.C5H10/c16-11-3-4-12-10(14(11)17)9-13(19-12)15(21)18-5-8-20-6-1-2-7-20;1-6(2)5-7(3)10(4,8)9;1-4-5(2)3/h1-4,6-7,9,19H,5,8H2,(H,18,21);5,7H,1-4H3;4H,1-3H3. The second-order valence-corrected chi connectivity index (χ2v) is 11.2. The van der Waals surface area contributed by atoms with Gasteiger partial charge in [-0.2, -0.15) is 0 Å². The molecule has 0 aliphatic rings. The van der Waals surface area contributed by atoms with E-state index in [1.165, 1.54) is 24.0 Å². The van der Waals surface area contributed by atoms with Gasteiger partial charge in [0, 0.05) is 42.6 Å². The number of carbonyl (C=O) groups is 1. The molecule has 0 bridgehead atoms. The molecule has 2 heterocycles. The molecule has 2 N–H and O–H groups in total. The molecule has 1 unspecified atom stereocenters. The highest BCUT2D eigenvalue weighted by Crippen LogP contribution is 2.21. The Bertz CT molecular complexity index is 1280. The molecule has 198 valence electrons. The van der Waals surface area contributed by atoms with Crippen molar-refractivity contribution in [2.24, 2.45) is 0 Å². The number of H-pyrrole nitrogens is 1. The van der Waals surface area contributed by atoms with Crippen molar-refractivity contribution in [2.45, 2.75) is 53.3 Å². The monoisotopic (exact) mass is 521 g/mol. The van der Waals surface area contributed by atoms with E-state index < -0.39 is 21.5 Å². The molecule has 0 saturated heterocycles. The van der Waals surface area contributed by atoms with Gasteiger partial charge in [0.25, 0.3) is 5.91 Å². The fourth-order valence-electron chi connectivity index (χ4n) is 2.77. The van der Waals surface area contributed by atoms with Gasteiger partial charge in [0.15, 0.2) is 21.5 Å². The van der Waals surface area contributed by atoms with Gasteiger partial charge in [0.2, 0.25) is 0 Å². The highest BCUT2D eigenvalue weighted by Gasteiger charge is 2.14. The second-order valence-electron chi connectivity index (χ2n) is 8.83. The van der Waals surface area contributed by atoms with Crippen LogP contribution in [0.4, 0.5) is 8.78 Å². The van der Waals surface area contributed by atoms with Crippen LogP contribution in [-0.2, 0) is 16.4 Å². The quantitative estimate of drug-likeness (QED) is 0.388. The predicted molar refractivity (Wildman–Crippen MR) is 144 cm³/mol. The maximum atomic E-state index is 13.6. The minimum absolute atomic E-state index is 0.0746. The van der Waals surface area contributed by atoms with Crippen molar-refractivity contribution in [1.29, 1.82) is 0 Å². The first-order valence-electron chi connectivity index (χ1n) is 11.5. The Morgan fingerprint density at radius 2 is 1.69 bits per heavy atom. The number of nitrogens with zero attached hydrogens (tertiary/aromatic N) is 1. The van der Waals surface area contributed by atoms with Crippen LogP contribution < -0.4 is 5.32 Å². The molecular weight excluding hydrogens is 484 g/mol. The Morgan fingerprint density at radius 1 is 1.11 bits per heavy atom. The fourth-order valence-corrected chi connectivity index (χ4v) is 3.29. The highest BCUT2D eigenvalue weighted by molar-refractivity contribution is 7.91. The maximum Gasteiger partial charge on any atom is 0.267 e. The van der Waals surface area contributed by atoms with Crippen molar-refractivity contribution in [3.05, 3.63) is 83.4 Å². The first-order chi connectivity index (χ1) is 16.8. The molecule has 0 spiro atoms. The minimum Gasteiger partial charge on any atom is -0.353 e. The minimum atomic E-state index is -2.87. The number of aromatic nitrogens is 2. The van der Waals surface area contributed by atoms with Gasteiger partial charge < -0.3 is 14.9 Å². The van der Waals surface area contributed by atoms with E-state index in [0.29, 0.717) is 18.6 Å². The smallest absolute Gasteiger partial charge is 0.267 e. The summed E-state index contributed by atoms with van der Waals surface area (Å²) in [6, 6.07) is 7.55. The van der Waals surface area contributed by atoms with E-state index in [1.807, 2.05) is 49.9 Å². The summed E-state index contributed by atoms with van der Waals surface area (Å²) in [6.07, 6.45) is 8.87. The van der Waals surface area contributed by atoms with E-state index in [2.05, 4.69) is 30.2 Å². The van der Waals surface area contributed by atoms with Gasteiger partial charge in [-0.15, -0.1) is 0 Å². The summed E-state index contributed by atoms with van der Waals surface area (Å²) in [7, 11) is -2.87. The van der Waals surface area contributed by atoms with Gasteiger partial charge in [0.1, 0.15) is 5.69 Å². The lowest BCUT2D eigenvalue weighted by Crippen LogP contribution is -2.27. The largest absolute Gasteiger partial charge is 0.353 e. The van der Waals surface area contributed by atoms with Crippen LogP contribution in [0.1, 0.15) is 52.0 Å². The molecule has 0 aliphatic carbocycles. The number of hydrogen-bond acceptors (Lipinski definition) is 3. The molecule has 3 aromatic rings. The molecule has 9 heteroatoms. The Kier molecular flexibility index (Phi) is 12.3. The normalized spacial score (nSPS) is 11.4. The predicted octanol–water partition coefficient (Wildman–Crippen LogP) is 6.04. The van der Waals surface area contributed by atoms with E-state index in [-0.39, 0.29) is 22.2 Å². The number of fused-ring (bicyclic) bond motifs is 1. The zero-order valence-electron chi connectivity index (χ0n) is 22.0. The summed E-state index contributed by atoms with van der Waals surface area (Å²) < 4.78 is 50.3. The van der Waals surface area contributed by atoms with E-state index in [0.717, 1.165) is 11.6 Å². The van der Waals surface area contributed by atoms with Crippen LogP contribution in [0.15, 0.2) is 66.0 Å². The average molecular weight is 522 g/mol. The van der Waals surface area contributed by atoms with Crippen molar-refractivity contribution < 1.29 is 22.0 Å². The average Bonchev–Trinajstić information content (AvgIpc) is 3.46. The van der Waals surface area contributed by atoms with Crippen molar-refractivity contribution in [3.63, 3.8) is 0 Å². The molecule has 0 saturated carbocycles. The number of hydrogen-bond donors (Lipinski definition) is 2. The lowest BCUT2D eigenvalue weighted by atomic mass is 10.2. The highest BCUT2D eigenvalue weighted by atomic mass is 32.2. The van der Waals surface area contributed by atoms with Gasteiger partial charge in [0.05, 0.1) is 5.25 Å². The Labute approximate surface area is 213 Å². The number of halogens is 2. The van der Waals surface area contributed by atoms with Crippen molar-refractivity contribution in [2.75, 3.05) is 12.8 Å². The number of sulfone groups is 1. The first-order valence-corrected chi connectivity index (χ1v) is 13.5.